The lowest BCUT2D eigenvalue weighted by atomic mass is 9.67. The Morgan fingerprint density at radius 1 is 0.356 bits per heavy atom. The Hall–Kier alpha value is -7.68. The maximum atomic E-state index is 6.59. The molecule has 0 N–H and O–H groups in total. The smallest absolute Gasteiger partial charge is 0.143 e. The molecular formula is C57H37NO. The number of para-hydroxylation sites is 1. The van der Waals surface area contributed by atoms with Crippen molar-refractivity contribution in [1.29, 1.82) is 0 Å². The molecule has 0 unspecified atom stereocenters. The predicted molar refractivity (Wildman–Crippen MR) is 246 cm³/mol. The zero-order valence-corrected chi connectivity index (χ0v) is 32.2. The molecule has 1 aliphatic rings. The summed E-state index contributed by atoms with van der Waals surface area (Å²) in [5.74, 6) is 0. The third-order valence-corrected chi connectivity index (χ3v) is 12.5. The number of hydrogen-bond acceptors (Lipinski definition) is 2. The molecule has 0 saturated heterocycles. The van der Waals surface area contributed by atoms with Crippen LogP contribution in [0.2, 0.25) is 0 Å². The van der Waals surface area contributed by atoms with Crippen molar-refractivity contribution in [1.82, 2.24) is 0 Å². The van der Waals surface area contributed by atoms with E-state index in [-0.39, 0.29) is 0 Å². The molecule has 10 aromatic carbocycles. The van der Waals surface area contributed by atoms with Crippen LogP contribution in [0, 0.1) is 0 Å². The molecule has 1 aliphatic carbocycles. The fourth-order valence-electron chi connectivity index (χ4n) is 9.93. The van der Waals surface area contributed by atoms with Crippen LogP contribution < -0.4 is 4.90 Å². The highest BCUT2D eigenvalue weighted by atomic mass is 16.3. The minimum Gasteiger partial charge on any atom is -0.455 e. The Labute approximate surface area is 342 Å². The largest absolute Gasteiger partial charge is 0.455 e. The van der Waals surface area contributed by atoms with Crippen LogP contribution in [-0.2, 0) is 5.41 Å². The summed E-state index contributed by atoms with van der Waals surface area (Å²) < 4.78 is 6.59. The highest BCUT2D eigenvalue weighted by Gasteiger charge is 2.46. The van der Waals surface area contributed by atoms with Crippen molar-refractivity contribution < 1.29 is 4.42 Å². The Kier molecular flexibility index (Phi) is 7.48. The van der Waals surface area contributed by atoms with Crippen LogP contribution in [0.4, 0.5) is 17.1 Å². The fraction of sp³-hybridized carbons (Fsp3) is 0.0175. The van der Waals surface area contributed by atoms with Gasteiger partial charge in [0.2, 0.25) is 0 Å². The number of rotatable bonds is 6. The monoisotopic (exact) mass is 751 g/mol. The van der Waals surface area contributed by atoms with Gasteiger partial charge in [-0.1, -0.05) is 176 Å². The van der Waals surface area contributed by atoms with Crippen molar-refractivity contribution in [2.45, 2.75) is 5.41 Å². The van der Waals surface area contributed by atoms with E-state index in [0.29, 0.717) is 0 Å². The SMILES string of the molecule is c1ccc(-c2ccc(N(c3cccc(C4(c5ccccc5)c5ccccc5-c5ccccc54)c3)c3ccc4c(ccc5ccc6c7ccccc7oc6c54)c3)cc2)cc1. The molecule has 0 bridgehead atoms. The number of nitrogens with zero attached hydrogens (tertiary/aromatic N) is 1. The van der Waals surface area contributed by atoms with Gasteiger partial charge in [-0.25, -0.2) is 0 Å². The van der Waals surface area contributed by atoms with E-state index in [0.717, 1.165) is 49.8 Å². The molecule has 0 amide bonds. The second kappa shape index (κ2) is 13.2. The van der Waals surface area contributed by atoms with E-state index in [1.165, 1.54) is 55.3 Å². The van der Waals surface area contributed by atoms with E-state index >= 15 is 0 Å². The third-order valence-electron chi connectivity index (χ3n) is 12.5. The molecule has 59 heavy (non-hydrogen) atoms. The van der Waals surface area contributed by atoms with E-state index in [9.17, 15) is 0 Å². The van der Waals surface area contributed by atoms with Gasteiger partial charge in [0.05, 0.1) is 5.41 Å². The Morgan fingerprint density at radius 2 is 0.932 bits per heavy atom. The summed E-state index contributed by atoms with van der Waals surface area (Å²) in [4.78, 5) is 2.41. The van der Waals surface area contributed by atoms with Gasteiger partial charge in [0.1, 0.15) is 11.2 Å². The van der Waals surface area contributed by atoms with Gasteiger partial charge < -0.3 is 9.32 Å². The summed E-state index contributed by atoms with van der Waals surface area (Å²) in [6.45, 7) is 0. The van der Waals surface area contributed by atoms with Crippen LogP contribution in [-0.4, -0.2) is 0 Å². The third kappa shape index (κ3) is 5.06. The van der Waals surface area contributed by atoms with Gasteiger partial charge in [0.25, 0.3) is 0 Å². The second-order valence-corrected chi connectivity index (χ2v) is 15.6. The molecule has 0 atom stereocenters. The first-order valence-corrected chi connectivity index (χ1v) is 20.3. The number of furan rings is 1. The minimum absolute atomic E-state index is 0.506. The molecular weight excluding hydrogens is 715 g/mol. The first-order valence-electron chi connectivity index (χ1n) is 20.3. The maximum absolute atomic E-state index is 6.59. The molecule has 0 radical (unpaired) electrons. The van der Waals surface area contributed by atoms with Gasteiger partial charge in [-0.3, -0.25) is 0 Å². The average Bonchev–Trinajstić information content (AvgIpc) is 3.84. The summed E-state index contributed by atoms with van der Waals surface area (Å²) >= 11 is 0. The lowest BCUT2D eigenvalue weighted by molar-refractivity contribution is 0.673. The molecule has 11 aromatic rings. The number of benzene rings is 10. The van der Waals surface area contributed by atoms with Crippen molar-refractivity contribution in [3.63, 3.8) is 0 Å². The molecule has 276 valence electrons. The van der Waals surface area contributed by atoms with Crippen LogP contribution in [0.25, 0.3) is 65.7 Å². The minimum atomic E-state index is -0.506. The van der Waals surface area contributed by atoms with Crippen LogP contribution >= 0.6 is 0 Å². The van der Waals surface area contributed by atoms with Gasteiger partial charge in [0.15, 0.2) is 0 Å². The van der Waals surface area contributed by atoms with Gasteiger partial charge in [0, 0.05) is 33.2 Å². The maximum Gasteiger partial charge on any atom is 0.143 e. The van der Waals surface area contributed by atoms with E-state index in [4.69, 9.17) is 4.42 Å². The van der Waals surface area contributed by atoms with Crippen molar-refractivity contribution in [2.75, 3.05) is 4.90 Å². The van der Waals surface area contributed by atoms with E-state index < -0.39 is 5.41 Å². The molecule has 0 aliphatic heterocycles. The van der Waals surface area contributed by atoms with Gasteiger partial charge in [-0.05, 0) is 109 Å². The zero-order chi connectivity index (χ0) is 38.9. The predicted octanol–water partition coefficient (Wildman–Crippen LogP) is 15.4. The number of fused-ring (bicyclic) bond motifs is 10. The Bertz CT molecular complexity index is 3330. The van der Waals surface area contributed by atoms with E-state index in [1.54, 1.807) is 0 Å². The van der Waals surface area contributed by atoms with E-state index in [1.807, 2.05) is 6.07 Å². The summed E-state index contributed by atoms with van der Waals surface area (Å²) in [7, 11) is 0. The lowest BCUT2D eigenvalue weighted by Gasteiger charge is -2.35. The molecule has 2 heteroatoms. The quantitative estimate of drug-likeness (QED) is 0.157. The summed E-state index contributed by atoms with van der Waals surface area (Å²) in [6.07, 6.45) is 0. The molecule has 0 fully saturated rings. The fourth-order valence-corrected chi connectivity index (χ4v) is 9.93. The van der Waals surface area contributed by atoms with Gasteiger partial charge in [-0.15, -0.1) is 0 Å². The first-order chi connectivity index (χ1) is 29.3. The van der Waals surface area contributed by atoms with Crippen LogP contribution in [0.5, 0.6) is 0 Å². The standard InChI is InChI=1S/C57H37NO/c1-3-14-38(15-4-1)39-28-31-44(32-29-39)58(46-33-35-47-41(36-46)27-26-40-30-34-51-50-22-9-12-25-54(50)59-56(51)55(40)47)45-19-13-18-43(37-45)57(42-16-5-2-6-17-42)52-23-10-7-20-48(52)49-21-8-11-24-53(49)57/h1-37H. The Morgan fingerprint density at radius 3 is 1.71 bits per heavy atom. The average molecular weight is 752 g/mol. The van der Waals surface area contributed by atoms with Crippen molar-refractivity contribution in [2.24, 2.45) is 0 Å². The normalized spacial score (nSPS) is 12.9. The van der Waals surface area contributed by atoms with Gasteiger partial charge in [-0.2, -0.15) is 0 Å². The lowest BCUT2D eigenvalue weighted by Crippen LogP contribution is -2.28. The summed E-state index contributed by atoms with van der Waals surface area (Å²) in [5, 5.41) is 6.93. The second-order valence-electron chi connectivity index (χ2n) is 15.6. The highest BCUT2D eigenvalue weighted by Crippen LogP contribution is 2.56. The zero-order valence-electron chi connectivity index (χ0n) is 32.2. The van der Waals surface area contributed by atoms with Crippen molar-refractivity contribution >= 4 is 60.5 Å². The van der Waals surface area contributed by atoms with Gasteiger partial charge >= 0.3 is 0 Å². The molecule has 1 heterocycles. The molecule has 12 rings (SSSR count). The molecule has 2 nitrogen and oxygen atoms in total. The van der Waals surface area contributed by atoms with Crippen LogP contribution in [0.15, 0.2) is 229 Å². The molecule has 1 aromatic heterocycles. The first kappa shape index (κ1) is 33.5. The van der Waals surface area contributed by atoms with Crippen molar-refractivity contribution in [3.05, 3.63) is 247 Å². The Balaban J connectivity index is 1.08. The topological polar surface area (TPSA) is 16.4 Å². The summed E-state index contributed by atoms with van der Waals surface area (Å²) in [6, 6.07) is 81.9. The number of anilines is 3. The van der Waals surface area contributed by atoms with Crippen LogP contribution in [0.1, 0.15) is 22.3 Å². The summed E-state index contributed by atoms with van der Waals surface area (Å²) in [5.41, 5.74) is 14.6. The number of hydrogen-bond donors (Lipinski definition) is 0. The molecule has 0 saturated carbocycles. The highest BCUT2D eigenvalue weighted by molar-refractivity contribution is 6.23. The van der Waals surface area contributed by atoms with Crippen molar-refractivity contribution in [3.8, 4) is 22.3 Å². The molecule has 0 spiro atoms. The van der Waals surface area contributed by atoms with E-state index in [2.05, 4.69) is 223 Å². The van der Waals surface area contributed by atoms with Crippen LogP contribution in [0.3, 0.4) is 0 Å².